The molecule has 5 heterocycles. The number of carbonyl (C=O) groups excluding carboxylic acids is 1. The molecule has 0 radical (unpaired) electrons. The fourth-order valence-corrected chi connectivity index (χ4v) is 5.03. The molecule has 0 atom stereocenters. The molecule has 9 nitrogen and oxygen atoms in total. The zero-order chi connectivity index (χ0) is 23.6. The summed E-state index contributed by atoms with van der Waals surface area (Å²) in [6, 6.07) is 10.4. The van der Waals surface area contributed by atoms with Crippen molar-refractivity contribution in [2.45, 2.75) is 25.7 Å². The number of anilines is 1. The molecule has 2 aliphatic rings. The largest absolute Gasteiger partial charge is 0.493 e. The van der Waals surface area contributed by atoms with Gasteiger partial charge in [-0.1, -0.05) is 12.1 Å². The van der Waals surface area contributed by atoms with Crippen LogP contribution in [0.3, 0.4) is 0 Å². The third kappa shape index (κ3) is 4.18. The maximum Gasteiger partial charge on any atom is 0.209 e. The predicted molar refractivity (Wildman–Crippen MR) is 132 cm³/mol. The molecule has 2 aliphatic heterocycles. The van der Waals surface area contributed by atoms with Gasteiger partial charge in [0.15, 0.2) is 5.65 Å². The molecule has 35 heavy (non-hydrogen) atoms. The molecule has 3 aromatic heterocycles. The Labute approximate surface area is 203 Å². The number of aromatic nitrogens is 5. The maximum absolute atomic E-state index is 11.1. The summed E-state index contributed by atoms with van der Waals surface area (Å²) in [6.07, 6.45) is 10.00. The minimum atomic E-state index is 0.720. The first-order valence-electron chi connectivity index (χ1n) is 12.1. The molecule has 1 fully saturated rings. The molecule has 0 N–H and O–H groups in total. The highest BCUT2D eigenvalue weighted by molar-refractivity contribution is 5.76. The summed E-state index contributed by atoms with van der Waals surface area (Å²) in [5.41, 5.74) is 5.27. The minimum absolute atomic E-state index is 0.720. The first kappa shape index (κ1) is 21.5. The van der Waals surface area contributed by atoms with Gasteiger partial charge in [-0.25, -0.2) is 9.97 Å². The standard InChI is InChI=1S/C26H27N7O2/c34-18-31-10-2-11-32(13-12-31)24-7-6-20(15-27-24)22-16-28-25(33-17-29-30-26(22)33)8-5-19-3-1-4-23-21(19)9-14-35-23/h1,3-4,6-7,15-18H,2,5,8-14H2. The van der Waals surface area contributed by atoms with Crippen LogP contribution in [0.15, 0.2) is 49.1 Å². The number of amides is 1. The first-order chi connectivity index (χ1) is 17.3. The van der Waals surface area contributed by atoms with E-state index in [1.54, 1.807) is 6.33 Å². The van der Waals surface area contributed by atoms with Crippen molar-refractivity contribution < 1.29 is 9.53 Å². The maximum atomic E-state index is 11.1. The van der Waals surface area contributed by atoms with Crippen LogP contribution in [0.1, 0.15) is 23.4 Å². The Morgan fingerprint density at radius 3 is 2.86 bits per heavy atom. The normalized spacial score (nSPS) is 15.7. The molecular formula is C26H27N7O2. The van der Waals surface area contributed by atoms with Crippen molar-refractivity contribution >= 4 is 17.9 Å². The Bertz CT molecular complexity index is 1350. The molecule has 1 aromatic carbocycles. The lowest BCUT2D eigenvalue weighted by atomic mass is 10.0. The van der Waals surface area contributed by atoms with Gasteiger partial charge < -0.3 is 14.5 Å². The Kier molecular flexibility index (Phi) is 5.73. The van der Waals surface area contributed by atoms with E-state index in [4.69, 9.17) is 14.7 Å². The molecule has 0 saturated carbocycles. The summed E-state index contributed by atoms with van der Waals surface area (Å²) < 4.78 is 7.69. The average molecular weight is 470 g/mol. The average Bonchev–Trinajstić information content (AvgIpc) is 3.53. The second kappa shape index (κ2) is 9.32. The second-order valence-electron chi connectivity index (χ2n) is 8.99. The Hall–Kier alpha value is -4.01. The van der Waals surface area contributed by atoms with Crippen molar-refractivity contribution in [3.05, 3.63) is 66.0 Å². The lowest BCUT2D eigenvalue weighted by molar-refractivity contribution is -0.117. The van der Waals surface area contributed by atoms with E-state index in [1.165, 1.54) is 11.1 Å². The van der Waals surface area contributed by atoms with Crippen LogP contribution in [-0.2, 0) is 24.1 Å². The lowest BCUT2D eigenvalue weighted by Gasteiger charge is -2.21. The number of fused-ring (bicyclic) bond motifs is 2. The molecule has 0 aliphatic carbocycles. The van der Waals surface area contributed by atoms with E-state index in [1.807, 2.05) is 33.8 Å². The van der Waals surface area contributed by atoms with Crippen LogP contribution >= 0.6 is 0 Å². The van der Waals surface area contributed by atoms with Gasteiger partial charge in [0.25, 0.3) is 0 Å². The molecule has 9 heteroatoms. The van der Waals surface area contributed by atoms with Crippen LogP contribution in [0.5, 0.6) is 5.75 Å². The van der Waals surface area contributed by atoms with E-state index < -0.39 is 0 Å². The van der Waals surface area contributed by atoms with Gasteiger partial charge in [-0.2, -0.15) is 0 Å². The SMILES string of the molecule is O=CN1CCCN(c2ccc(-c3cnc(CCc4cccc5c4CCO5)n4cnnc34)cn2)CC1. The summed E-state index contributed by atoms with van der Waals surface area (Å²) in [7, 11) is 0. The van der Waals surface area contributed by atoms with Crippen molar-refractivity contribution in [2.75, 3.05) is 37.7 Å². The van der Waals surface area contributed by atoms with Gasteiger partial charge in [0.2, 0.25) is 6.41 Å². The topological polar surface area (TPSA) is 88.8 Å². The van der Waals surface area contributed by atoms with Crippen LogP contribution in [0.25, 0.3) is 16.8 Å². The number of benzene rings is 1. The highest BCUT2D eigenvalue weighted by Gasteiger charge is 2.18. The molecule has 0 spiro atoms. The third-order valence-electron chi connectivity index (χ3n) is 6.93. The molecule has 4 aromatic rings. The monoisotopic (exact) mass is 469 g/mol. The molecule has 1 amide bonds. The molecule has 0 unspecified atom stereocenters. The lowest BCUT2D eigenvalue weighted by Crippen LogP contribution is -2.30. The van der Waals surface area contributed by atoms with Gasteiger partial charge in [0.1, 0.15) is 23.7 Å². The van der Waals surface area contributed by atoms with E-state index in [-0.39, 0.29) is 0 Å². The highest BCUT2D eigenvalue weighted by atomic mass is 16.5. The molecule has 1 saturated heterocycles. The van der Waals surface area contributed by atoms with Gasteiger partial charge in [0.05, 0.1) is 6.61 Å². The van der Waals surface area contributed by atoms with Crippen molar-refractivity contribution in [3.8, 4) is 16.9 Å². The zero-order valence-corrected chi connectivity index (χ0v) is 19.5. The first-order valence-corrected chi connectivity index (χ1v) is 12.1. The fraction of sp³-hybridized carbons (Fsp3) is 0.346. The van der Waals surface area contributed by atoms with Crippen molar-refractivity contribution in [1.82, 2.24) is 29.5 Å². The van der Waals surface area contributed by atoms with E-state index >= 15 is 0 Å². The summed E-state index contributed by atoms with van der Waals surface area (Å²) in [4.78, 5) is 24.6. The van der Waals surface area contributed by atoms with Crippen LogP contribution in [0, 0.1) is 0 Å². The smallest absolute Gasteiger partial charge is 0.209 e. The zero-order valence-electron chi connectivity index (χ0n) is 19.5. The van der Waals surface area contributed by atoms with Crippen molar-refractivity contribution in [1.29, 1.82) is 0 Å². The van der Waals surface area contributed by atoms with Gasteiger partial charge in [-0.05, 0) is 36.6 Å². The van der Waals surface area contributed by atoms with Crippen LogP contribution in [-0.4, -0.2) is 68.7 Å². The Morgan fingerprint density at radius 2 is 1.97 bits per heavy atom. The molecule has 0 bridgehead atoms. The molecule has 6 rings (SSSR count). The second-order valence-corrected chi connectivity index (χ2v) is 8.99. The number of nitrogens with zero attached hydrogens (tertiary/aromatic N) is 7. The van der Waals surface area contributed by atoms with Gasteiger partial charge in [0, 0.05) is 68.1 Å². The number of aryl methyl sites for hydroxylation is 2. The quantitative estimate of drug-likeness (QED) is 0.401. The van der Waals surface area contributed by atoms with Crippen LogP contribution in [0.4, 0.5) is 5.82 Å². The number of hydrogen-bond acceptors (Lipinski definition) is 7. The van der Waals surface area contributed by atoms with Gasteiger partial charge in [-0.15, -0.1) is 10.2 Å². The Morgan fingerprint density at radius 1 is 1.00 bits per heavy atom. The number of pyridine rings is 1. The third-order valence-corrected chi connectivity index (χ3v) is 6.93. The Balaban J connectivity index is 1.22. The molecule has 178 valence electrons. The number of ether oxygens (including phenoxy) is 1. The van der Waals surface area contributed by atoms with Crippen molar-refractivity contribution in [3.63, 3.8) is 0 Å². The van der Waals surface area contributed by atoms with Crippen LogP contribution < -0.4 is 9.64 Å². The minimum Gasteiger partial charge on any atom is -0.493 e. The van der Waals surface area contributed by atoms with E-state index in [0.717, 1.165) is 99.0 Å². The fourth-order valence-electron chi connectivity index (χ4n) is 5.03. The molecular weight excluding hydrogens is 442 g/mol. The van der Waals surface area contributed by atoms with E-state index in [0.29, 0.717) is 0 Å². The van der Waals surface area contributed by atoms with Gasteiger partial charge >= 0.3 is 0 Å². The van der Waals surface area contributed by atoms with Crippen LogP contribution in [0.2, 0.25) is 0 Å². The van der Waals surface area contributed by atoms with E-state index in [2.05, 4.69) is 33.3 Å². The number of carbonyl (C=O) groups is 1. The van der Waals surface area contributed by atoms with Gasteiger partial charge in [-0.3, -0.25) is 9.20 Å². The number of rotatable bonds is 6. The highest BCUT2D eigenvalue weighted by Crippen LogP contribution is 2.29. The summed E-state index contributed by atoms with van der Waals surface area (Å²) in [6.45, 7) is 3.94. The summed E-state index contributed by atoms with van der Waals surface area (Å²) >= 11 is 0. The summed E-state index contributed by atoms with van der Waals surface area (Å²) in [5, 5.41) is 8.56. The van der Waals surface area contributed by atoms with Crippen molar-refractivity contribution in [2.24, 2.45) is 0 Å². The number of hydrogen-bond donors (Lipinski definition) is 0. The van der Waals surface area contributed by atoms with E-state index in [9.17, 15) is 4.79 Å². The summed E-state index contributed by atoms with van der Waals surface area (Å²) in [5.74, 6) is 2.86. The predicted octanol–water partition coefficient (Wildman–Crippen LogP) is 2.57.